The van der Waals surface area contributed by atoms with Gasteiger partial charge in [0.05, 0.1) is 34.4 Å². The highest BCUT2D eigenvalue weighted by atomic mass is 35.5. The molecule has 1 aliphatic rings. The summed E-state index contributed by atoms with van der Waals surface area (Å²) in [6.45, 7) is 0. The van der Waals surface area contributed by atoms with Crippen molar-refractivity contribution in [1.82, 2.24) is 9.55 Å². The van der Waals surface area contributed by atoms with Crippen LogP contribution in [0.1, 0.15) is 36.2 Å². The lowest BCUT2D eigenvalue weighted by Crippen LogP contribution is -2.08. The first kappa shape index (κ1) is 13.0. The largest absolute Gasteiger partial charge is 0.386 e. The molecular weight excluding hydrogens is 283 g/mol. The molecule has 3 rings (SSSR count). The molecule has 0 amide bonds. The minimum Gasteiger partial charge on any atom is -0.386 e. The van der Waals surface area contributed by atoms with Gasteiger partial charge in [0.25, 0.3) is 0 Å². The molecule has 5 heteroatoms. The van der Waals surface area contributed by atoms with Crippen LogP contribution in [0.5, 0.6) is 0 Å². The molecule has 0 saturated heterocycles. The first-order valence-corrected chi connectivity index (χ1v) is 7.05. The SMILES string of the molecule is OC(Cc1cccc(Cl)c1Cl)c1cncn1C1CC1. The van der Waals surface area contributed by atoms with Crippen molar-refractivity contribution in [1.29, 1.82) is 0 Å². The van der Waals surface area contributed by atoms with E-state index in [1.165, 1.54) is 0 Å². The molecule has 1 N–H and O–H groups in total. The lowest BCUT2D eigenvalue weighted by Gasteiger charge is -2.14. The fraction of sp³-hybridized carbons (Fsp3) is 0.357. The molecule has 19 heavy (non-hydrogen) atoms. The fourth-order valence-corrected chi connectivity index (χ4v) is 2.65. The van der Waals surface area contributed by atoms with Crippen molar-refractivity contribution in [3.63, 3.8) is 0 Å². The Hall–Kier alpha value is -1.03. The first-order chi connectivity index (χ1) is 9.16. The molecule has 1 heterocycles. The number of rotatable bonds is 4. The predicted octanol–water partition coefficient (Wildman–Crippen LogP) is 3.80. The second-order valence-corrected chi connectivity index (χ2v) is 5.67. The average molecular weight is 297 g/mol. The molecule has 1 fully saturated rings. The number of aromatic nitrogens is 2. The van der Waals surface area contributed by atoms with Gasteiger partial charge in [-0.3, -0.25) is 0 Å². The Kier molecular flexibility index (Phi) is 3.52. The lowest BCUT2D eigenvalue weighted by atomic mass is 10.1. The highest BCUT2D eigenvalue weighted by Crippen LogP contribution is 2.37. The summed E-state index contributed by atoms with van der Waals surface area (Å²) in [6.07, 6.45) is 5.66. The van der Waals surface area contributed by atoms with E-state index in [0.29, 0.717) is 22.5 Å². The maximum Gasteiger partial charge on any atom is 0.0996 e. The fourth-order valence-electron chi connectivity index (χ4n) is 2.25. The van der Waals surface area contributed by atoms with Crippen LogP contribution < -0.4 is 0 Å². The van der Waals surface area contributed by atoms with Crippen LogP contribution in [0.3, 0.4) is 0 Å². The van der Waals surface area contributed by atoms with Crippen molar-refractivity contribution >= 4 is 23.2 Å². The molecule has 0 bridgehead atoms. The number of aliphatic hydroxyl groups excluding tert-OH is 1. The van der Waals surface area contributed by atoms with Gasteiger partial charge in [-0.05, 0) is 24.5 Å². The van der Waals surface area contributed by atoms with Gasteiger partial charge in [-0.2, -0.15) is 0 Å². The summed E-state index contributed by atoms with van der Waals surface area (Å²) in [5.41, 5.74) is 1.70. The molecule has 1 aromatic heterocycles. The summed E-state index contributed by atoms with van der Waals surface area (Å²) in [6, 6.07) is 5.97. The second-order valence-electron chi connectivity index (χ2n) is 4.89. The number of benzene rings is 1. The van der Waals surface area contributed by atoms with Crippen LogP contribution in [0, 0.1) is 0 Å². The smallest absolute Gasteiger partial charge is 0.0996 e. The van der Waals surface area contributed by atoms with Crippen molar-refractivity contribution in [2.45, 2.75) is 31.4 Å². The summed E-state index contributed by atoms with van der Waals surface area (Å²) in [4.78, 5) is 4.13. The van der Waals surface area contributed by atoms with Crippen LogP contribution in [0.4, 0.5) is 0 Å². The number of imidazole rings is 1. The minimum absolute atomic E-state index is 0.442. The quantitative estimate of drug-likeness (QED) is 0.932. The van der Waals surface area contributed by atoms with Crippen molar-refractivity contribution in [3.05, 3.63) is 52.0 Å². The summed E-state index contributed by atoms with van der Waals surface area (Å²) in [5, 5.41) is 11.4. The molecule has 100 valence electrons. The Balaban J connectivity index is 1.82. The Morgan fingerprint density at radius 3 is 2.89 bits per heavy atom. The molecule has 0 radical (unpaired) electrons. The van der Waals surface area contributed by atoms with E-state index < -0.39 is 6.10 Å². The van der Waals surface area contributed by atoms with E-state index in [-0.39, 0.29) is 0 Å². The maximum atomic E-state index is 10.4. The van der Waals surface area contributed by atoms with Gasteiger partial charge in [0.2, 0.25) is 0 Å². The Morgan fingerprint density at radius 2 is 2.16 bits per heavy atom. The van der Waals surface area contributed by atoms with Crippen LogP contribution in [-0.4, -0.2) is 14.7 Å². The average Bonchev–Trinajstić information content (AvgIpc) is 3.12. The van der Waals surface area contributed by atoms with Gasteiger partial charge in [0.15, 0.2) is 0 Å². The first-order valence-electron chi connectivity index (χ1n) is 6.29. The number of aliphatic hydroxyl groups is 1. The summed E-state index contributed by atoms with van der Waals surface area (Å²) >= 11 is 12.1. The van der Waals surface area contributed by atoms with E-state index in [1.54, 1.807) is 18.6 Å². The Bertz CT molecular complexity index is 593. The number of hydrogen-bond donors (Lipinski definition) is 1. The van der Waals surface area contributed by atoms with Gasteiger partial charge >= 0.3 is 0 Å². The van der Waals surface area contributed by atoms with Gasteiger partial charge in [0.1, 0.15) is 0 Å². The van der Waals surface area contributed by atoms with E-state index in [2.05, 4.69) is 9.55 Å². The van der Waals surface area contributed by atoms with Gasteiger partial charge in [-0.1, -0.05) is 35.3 Å². The highest BCUT2D eigenvalue weighted by molar-refractivity contribution is 6.42. The van der Waals surface area contributed by atoms with E-state index in [9.17, 15) is 5.11 Å². The predicted molar refractivity (Wildman–Crippen MR) is 75.6 cm³/mol. The van der Waals surface area contributed by atoms with Crippen LogP contribution in [-0.2, 0) is 6.42 Å². The van der Waals surface area contributed by atoms with E-state index in [1.807, 2.05) is 12.1 Å². The Morgan fingerprint density at radius 1 is 1.37 bits per heavy atom. The summed E-state index contributed by atoms with van der Waals surface area (Å²) in [5.74, 6) is 0. The number of nitrogens with zero attached hydrogens (tertiary/aromatic N) is 2. The molecule has 1 aliphatic carbocycles. The third kappa shape index (κ3) is 2.64. The van der Waals surface area contributed by atoms with Crippen molar-refractivity contribution < 1.29 is 5.11 Å². The third-order valence-corrected chi connectivity index (χ3v) is 4.28. The van der Waals surface area contributed by atoms with Gasteiger partial charge in [0, 0.05) is 12.5 Å². The standard InChI is InChI=1S/C14H14Cl2N2O/c15-11-3-1-2-9(14(11)16)6-13(19)12-7-17-8-18(12)10-4-5-10/h1-3,7-8,10,13,19H,4-6H2. The molecular formula is C14H14Cl2N2O. The van der Waals surface area contributed by atoms with Crippen molar-refractivity contribution in [3.8, 4) is 0 Å². The van der Waals surface area contributed by atoms with Gasteiger partial charge < -0.3 is 9.67 Å². The second kappa shape index (κ2) is 5.16. The van der Waals surface area contributed by atoms with Gasteiger partial charge in [-0.15, -0.1) is 0 Å². The highest BCUT2D eigenvalue weighted by Gasteiger charge is 2.27. The lowest BCUT2D eigenvalue weighted by molar-refractivity contribution is 0.168. The van der Waals surface area contributed by atoms with Crippen LogP contribution in [0.15, 0.2) is 30.7 Å². The maximum absolute atomic E-state index is 10.4. The normalized spacial score (nSPS) is 16.6. The van der Waals surface area contributed by atoms with Crippen molar-refractivity contribution in [2.75, 3.05) is 0 Å². The van der Waals surface area contributed by atoms with Crippen LogP contribution in [0.25, 0.3) is 0 Å². The zero-order valence-corrected chi connectivity index (χ0v) is 11.8. The summed E-state index contributed by atoms with van der Waals surface area (Å²) in [7, 11) is 0. The van der Waals surface area contributed by atoms with Crippen molar-refractivity contribution in [2.24, 2.45) is 0 Å². The van der Waals surface area contributed by atoms with E-state index in [0.717, 1.165) is 24.1 Å². The molecule has 3 nitrogen and oxygen atoms in total. The minimum atomic E-state index is -0.612. The molecule has 1 saturated carbocycles. The molecule has 0 aliphatic heterocycles. The molecule has 2 aromatic rings. The zero-order valence-electron chi connectivity index (χ0n) is 10.3. The third-order valence-electron chi connectivity index (χ3n) is 3.42. The van der Waals surface area contributed by atoms with Crippen LogP contribution in [0.2, 0.25) is 10.0 Å². The summed E-state index contributed by atoms with van der Waals surface area (Å²) < 4.78 is 2.06. The molecule has 1 unspecified atom stereocenters. The Labute approximate surface area is 121 Å². The molecule has 1 aromatic carbocycles. The zero-order chi connectivity index (χ0) is 13.4. The van der Waals surface area contributed by atoms with Gasteiger partial charge in [-0.25, -0.2) is 4.98 Å². The van der Waals surface area contributed by atoms with E-state index >= 15 is 0 Å². The number of halogens is 2. The topological polar surface area (TPSA) is 38.1 Å². The van der Waals surface area contributed by atoms with Crippen LogP contribution >= 0.6 is 23.2 Å². The monoisotopic (exact) mass is 296 g/mol. The number of hydrogen-bond acceptors (Lipinski definition) is 2. The molecule has 1 atom stereocenters. The molecule has 0 spiro atoms. The van der Waals surface area contributed by atoms with E-state index in [4.69, 9.17) is 23.2 Å².